The van der Waals surface area contributed by atoms with E-state index < -0.39 is 35.4 Å². The van der Waals surface area contributed by atoms with E-state index >= 15 is 0 Å². The van der Waals surface area contributed by atoms with Crippen LogP contribution in [0.3, 0.4) is 0 Å². The predicted octanol–water partition coefficient (Wildman–Crippen LogP) is 3.56. The molecule has 9 heteroatoms. The Bertz CT molecular complexity index is 956. The fourth-order valence-electron chi connectivity index (χ4n) is 3.82. The zero-order valence-corrected chi connectivity index (χ0v) is 23.7. The third-order valence-electron chi connectivity index (χ3n) is 5.66. The highest BCUT2D eigenvalue weighted by molar-refractivity contribution is 5.86. The first-order valence-corrected chi connectivity index (χ1v) is 13.2. The number of ether oxygens (including phenoxy) is 2. The largest absolute Gasteiger partial charge is 0.463 e. The average molecular weight is 545 g/mol. The summed E-state index contributed by atoms with van der Waals surface area (Å²) in [7, 11) is 0. The molecule has 0 fully saturated rings. The zero-order chi connectivity index (χ0) is 29.4. The summed E-state index contributed by atoms with van der Waals surface area (Å²) in [5.41, 5.74) is 0.249. The number of amides is 2. The van der Waals surface area contributed by atoms with Crippen molar-refractivity contribution in [3.05, 3.63) is 61.2 Å². The second-order valence-corrected chi connectivity index (χ2v) is 10.5. The van der Waals surface area contributed by atoms with Gasteiger partial charge in [0.25, 0.3) is 0 Å². The molecular formula is C30H44N2O7. The highest BCUT2D eigenvalue weighted by Crippen LogP contribution is 2.17. The van der Waals surface area contributed by atoms with Crippen molar-refractivity contribution in [1.82, 2.24) is 10.2 Å². The van der Waals surface area contributed by atoms with Crippen molar-refractivity contribution in [2.75, 3.05) is 19.8 Å². The third-order valence-corrected chi connectivity index (χ3v) is 5.66. The van der Waals surface area contributed by atoms with Crippen molar-refractivity contribution >= 4 is 23.8 Å². The smallest absolute Gasteiger partial charge is 0.309 e. The number of nitrogens with zero attached hydrogens (tertiary/aromatic N) is 1. The molecular weight excluding hydrogens is 500 g/mol. The molecule has 0 unspecified atom stereocenters. The summed E-state index contributed by atoms with van der Waals surface area (Å²) in [5.74, 6) is -3.14. The molecule has 2 amide bonds. The molecule has 0 aliphatic heterocycles. The van der Waals surface area contributed by atoms with Crippen LogP contribution in [0.4, 0.5) is 0 Å². The maximum atomic E-state index is 13.0. The first kappa shape index (κ1) is 33.6. The summed E-state index contributed by atoms with van der Waals surface area (Å²) in [4.78, 5) is 52.3. The highest BCUT2D eigenvalue weighted by Gasteiger charge is 2.28. The van der Waals surface area contributed by atoms with Gasteiger partial charge in [0.05, 0.1) is 30.9 Å². The lowest BCUT2D eigenvalue weighted by molar-refractivity contribution is -0.161. The van der Waals surface area contributed by atoms with Gasteiger partial charge >= 0.3 is 11.9 Å². The molecule has 0 saturated carbocycles. The molecule has 0 aromatic heterocycles. The van der Waals surface area contributed by atoms with E-state index in [1.165, 1.54) is 11.0 Å². The number of nitrogens with one attached hydrogen (secondary N) is 1. The molecule has 0 saturated heterocycles. The van der Waals surface area contributed by atoms with Gasteiger partial charge in [-0.2, -0.15) is 0 Å². The molecule has 0 aliphatic carbocycles. The Balaban J connectivity index is 2.71. The molecule has 39 heavy (non-hydrogen) atoms. The maximum Gasteiger partial charge on any atom is 0.309 e. The zero-order valence-electron chi connectivity index (χ0n) is 23.7. The SMILES string of the molecule is C=CC[C@H](CC(=O)N(CCO)Cc1ccccc1)C(=O)N[C@@H](C)COC(=O)[C@H](CC=C)CC(=O)OC(C)(C)C. The van der Waals surface area contributed by atoms with Crippen LogP contribution in [0.5, 0.6) is 0 Å². The molecule has 0 heterocycles. The van der Waals surface area contributed by atoms with E-state index in [1.54, 1.807) is 33.8 Å². The van der Waals surface area contributed by atoms with Crippen molar-refractivity contribution < 1.29 is 33.8 Å². The minimum atomic E-state index is -0.742. The Morgan fingerprint density at radius 1 is 1.03 bits per heavy atom. The molecule has 3 atom stereocenters. The van der Waals surface area contributed by atoms with Crippen LogP contribution in [0.2, 0.25) is 0 Å². The Kier molecular flexibility index (Phi) is 14.8. The van der Waals surface area contributed by atoms with Crippen LogP contribution in [-0.4, -0.2) is 65.2 Å². The van der Waals surface area contributed by atoms with Crippen molar-refractivity contribution in [2.45, 2.75) is 71.6 Å². The molecule has 0 bridgehead atoms. The van der Waals surface area contributed by atoms with E-state index in [2.05, 4.69) is 18.5 Å². The molecule has 1 aromatic carbocycles. The Morgan fingerprint density at radius 2 is 1.64 bits per heavy atom. The molecule has 1 rings (SSSR count). The number of rotatable bonds is 17. The van der Waals surface area contributed by atoms with Crippen LogP contribution in [0.15, 0.2) is 55.6 Å². The van der Waals surface area contributed by atoms with Gasteiger partial charge in [-0.05, 0) is 46.1 Å². The van der Waals surface area contributed by atoms with Crippen LogP contribution in [0, 0.1) is 11.8 Å². The standard InChI is InChI=1S/C30H44N2O7/c1-7-12-24(18-26(34)32(16-17-33)20-23-14-10-9-11-15-23)28(36)31-22(3)21-38-29(37)25(13-8-2)19-27(35)39-30(4,5)6/h7-11,14-15,22,24-25,33H,1-2,12-13,16-21H2,3-6H3,(H,31,36)/t22-,24+,25+/m0/s1. The summed E-state index contributed by atoms with van der Waals surface area (Å²) in [5, 5.41) is 12.2. The summed E-state index contributed by atoms with van der Waals surface area (Å²) in [6.45, 7) is 14.4. The van der Waals surface area contributed by atoms with Crippen molar-refractivity contribution in [3.8, 4) is 0 Å². The number of benzene rings is 1. The first-order chi connectivity index (χ1) is 18.4. The second-order valence-electron chi connectivity index (χ2n) is 10.5. The van der Waals surface area contributed by atoms with Crippen molar-refractivity contribution in [1.29, 1.82) is 0 Å². The third kappa shape index (κ3) is 13.8. The van der Waals surface area contributed by atoms with Crippen molar-refractivity contribution in [2.24, 2.45) is 11.8 Å². The van der Waals surface area contributed by atoms with Crippen molar-refractivity contribution in [3.63, 3.8) is 0 Å². The van der Waals surface area contributed by atoms with E-state index in [0.717, 1.165) is 5.56 Å². The second kappa shape index (κ2) is 17.2. The number of aliphatic hydroxyl groups excluding tert-OH is 1. The number of allylic oxidation sites excluding steroid dienone is 2. The summed E-state index contributed by atoms with van der Waals surface area (Å²) >= 11 is 0. The van der Waals surface area contributed by atoms with Gasteiger partial charge in [-0.25, -0.2) is 0 Å². The Morgan fingerprint density at radius 3 is 2.21 bits per heavy atom. The molecule has 0 aliphatic rings. The number of esters is 2. The number of carbonyl (C=O) groups excluding carboxylic acids is 4. The van der Waals surface area contributed by atoms with E-state index in [4.69, 9.17) is 9.47 Å². The van der Waals surface area contributed by atoms with Gasteiger partial charge in [0.2, 0.25) is 11.8 Å². The molecule has 1 aromatic rings. The van der Waals surface area contributed by atoms with Crippen LogP contribution in [0.1, 0.15) is 58.9 Å². The van der Waals surface area contributed by atoms with E-state index in [9.17, 15) is 24.3 Å². The van der Waals surface area contributed by atoms with Crippen LogP contribution < -0.4 is 5.32 Å². The number of carbonyl (C=O) groups is 4. The van der Waals surface area contributed by atoms with Crippen LogP contribution in [-0.2, 0) is 35.2 Å². The Hall–Kier alpha value is -3.46. The lowest BCUT2D eigenvalue weighted by Gasteiger charge is -2.25. The minimum Gasteiger partial charge on any atom is -0.463 e. The van der Waals surface area contributed by atoms with Gasteiger partial charge in [-0.3, -0.25) is 19.2 Å². The maximum absolute atomic E-state index is 13.0. The fourth-order valence-corrected chi connectivity index (χ4v) is 3.82. The van der Waals surface area contributed by atoms with Gasteiger partial charge in [0.15, 0.2) is 0 Å². The summed E-state index contributed by atoms with van der Waals surface area (Å²) in [6.07, 6.45) is 3.44. The quantitative estimate of drug-likeness (QED) is 0.227. The summed E-state index contributed by atoms with van der Waals surface area (Å²) < 4.78 is 10.7. The lowest BCUT2D eigenvalue weighted by Crippen LogP contribution is -2.42. The van der Waals surface area contributed by atoms with E-state index in [1.807, 2.05) is 30.3 Å². The topological polar surface area (TPSA) is 122 Å². The lowest BCUT2D eigenvalue weighted by atomic mass is 9.98. The normalized spacial score (nSPS) is 13.4. The predicted molar refractivity (Wildman–Crippen MR) is 149 cm³/mol. The van der Waals surface area contributed by atoms with Crippen LogP contribution in [0.25, 0.3) is 0 Å². The van der Waals surface area contributed by atoms with Gasteiger partial charge in [-0.15, -0.1) is 13.2 Å². The molecule has 2 N–H and O–H groups in total. The van der Waals surface area contributed by atoms with Gasteiger partial charge in [0, 0.05) is 19.5 Å². The van der Waals surface area contributed by atoms with Gasteiger partial charge in [-0.1, -0.05) is 42.5 Å². The molecule has 216 valence electrons. The first-order valence-electron chi connectivity index (χ1n) is 13.2. The number of hydrogen-bond acceptors (Lipinski definition) is 7. The molecule has 0 spiro atoms. The Labute approximate surface area is 232 Å². The number of hydrogen-bond donors (Lipinski definition) is 2. The van der Waals surface area contributed by atoms with E-state index in [0.29, 0.717) is 6.54 Å². The van der Waals surface area contributed by atoms with Gasteiger partial charge in [0.1, 0.15) is 12.2 Å². The molecule has 9 nitrogen and oxygen atoms in total. The molecule has 0 radical (unpaired) electrons. The number of aliphatic hydroxyl groups is 1. The minimum absolute atomic E-state index is 0.0610. The van der Waals surface area contributed by atoms with Crippen LogP contribution >= 0.6 is 0 Å². The monoisotopic (exact) mass is 544 g/mol. The fraction of sp³-hybridized carbons (Fsp3) is 0.533. The van der Waals surface area contributed by atoms with E-state index in [-0.39, 0.29) is 57.3 Å². The van der Waals surface area contributed by atoms with Gasteiger partial charge < -0.3 is 24.8 Å². The average Bonchev–Trinajstić information content (AvgIpc) is 2.86. The highest BCUT2D eigenvalue weighted by atomic mass is 16.6. The summed E-state index contributed by atoms with van der Waals surface area (Å²) in [6, 6.07) is 8.87.